The van der Waals surface area contributed by atoms with Crippen molar-refractivity contribution < 1.29 is 4.79 Å². The van der Waals surface area contributed by atoms with E-state index >= 15 is 0 Å². The molecule has 0 radical (unpaired) electrons. The Labute approximate surface area is 126 Å². The average Bonchev–Trinajstić information content (AvgIpc) is 2.47. The van der Waals surface area contributed by atoms with Gasteiger partial charge in [0.15, 0.2) is 0 Å². The lowest BCUT2D eigenvalue weighted by molar-refractivity contribution is 0.0931. The topological polar surface area (TPSA) is 42.0 Å². The number of pyridine rings is 1. The van der Waals surface area contributed by atoms with Crippen LogP contribution in [-0.2, 0) is 0 Å². The third-order valence-electron chi connectivity index (χ3n) is 3.43. The maximum Gasteiger partial charge on any atom is 0.251 e. The van der Waals surface area contributed by atoms with Crippen molar-refractivity contribution in [3.8, 4) is 0 Å². The van der Waals surface area contributed by atoms with Crippen LogP contribution in [0.3, 0.4) is 0 Å². The van der Waals surface area contributed by atoms with Gasteiger partial charge in [-0.15, -0.1) is 0 Å². The van der Waals surface area contributed by atoms with Crippen molar-refractivity contribution in [1.29, 1.82) is 0 Å². The monoisotopic (exact) mass is 282 g/mol. The molecule has 0 spiro atoms. The Morgan fingerprint density at radius 1 is 1.14 bits per heavy atom. The molecule has 1 heterocycles. The van der Waals surface area contributed by atoms with Crippen LogP contribution in [0.1, 0.15) is 47.9 Å². The quantitative estimate of drug-likeness (QED) is 0.903. The van der Waals surface area contributed by atoms with Gasteiger partial charge in [0.2, 0.25) is 0 Å². The molecule has 0 aliphatic rings. The second-order valence-electron chi connectivity index (χ2n) is 5.73. The zero-order valence-electron chi connectivity index (χ0n) is 12.8. The molecule has 1 unspecified atom stereocenters. The standard InChI is InChI=1S/C18H22N2O/c1-13(2)12-16(17-14(3)8-7-11-19-17)20-18(21)15-9-5-4-6-10-15/h4-11,13,16H,12H2,1-3H3,(H,20,21). The minimum absolute atomic E-state index is 0.0497. The highest BCUT2D eigenvalue weighted by molar-refractivity contribution is 5.94. The lowest BCUT2D eigenvalue weighted by atomic mass is 9.97. The molecular weight excluding hydrogens is 260 g/mol. The summed E-state index contributed by atoms with van der Waals surface area (Å²) in [4.78, 5) is 16.8. The zero-order chi connectivity index (χ0) is 15.2. The van der Waals surface area contributed by atoms with Crippen LogP contribution >= 0.6 is 0 Å². The molecule has 2 aromatic rings. The van der Waals surface area contributed by atoms with E-state index in [0.29, 0.717) is 11.5 Å². The molecule has 1 aromatic heterocycles. The van der Waals surface area contributed by atoms with E-state index in [9.17, 15) is 4.79 Å². The third-order valence-corrected chi connectivity index (χ3v) is 3.43. The fourth-order valence-corrected chi connectivity index (χ4v) is 2.40. The summed E-state index contributed by atoms with van der Waals surface area (Å²) in [6, 6.07) is 13.2. The van der Waals surface area contributed by atoms with Gasteiger partial charge in [-0.2, -0.15) is 0 Å². The molecular formula is C18H22N2O. The lowest BCUT2D eigenvalue weighted by Crippen LogP contribution is -2.30. The summed E-state index contributed by atoms with van der Waals surface area (Å²) in [6.07, 6.45) is 2.65. The molecule has 2 rings (SSSR count). The van der Waals surface area contributed by atoms with Crippen molar-refractivity contribution in [2.75, 3.05) is 0 Å². The highest BCUT2D eigenvalue weighted by atomic mass is 16.1. The summed E-state index contributed by atoms with van der Waals surface area (Å²) in [5.74, 6) is 0.429. The van der Waals surface area contributed by atoms with E-state index in [-0.39, 0.29) is 11.9 Å². The van der Waals surface area contributed by atoms with Gasteiger partial charge in [-0.1, -0.05) is 38.1 Å². The van der Waals surface area contributed by atoms with Crippen LogP contribution in [0.4, 0.5) is 0 Å². The number of hydrogen-bond donors (Lipinski definition) is 1. The number of benzene rings is 1. The van der Waals surface area contributed by atoms with Gasteiger partial charge in [-0.3, -0.25) is 9.78 Å². The predicted molar refractivity (Wildman–Crippen MR) is 85.1 cm³/mol. The first-order valence-electron chi connectivity index (χ1n) is 7.35. The van der Waals surface area contributed by atoms with E-state index in [1.807, 2.05) is 49.4 Å². The fraction of sp³-hybridized carbons (Fsp3) is 0.333. The molecule has 0 saturated heterocycles. The molecule has 1 aromatic carbocycles. The Morgan fingerprint density at radius 2 is 1.86 bits per heavy atom. The third kappa shape index (κ3) is 4.15. The van der Waals surface area contributed by atoms with Crippen LogP contribution in [0.25, 0.3) is 0 Å². The largest absolute Gasteiger partial charge is 0.344 e. The maximum absolute atomic E-state index is 12.4. The Balaban J connectivity index is 2.21. The van der Waals surface area contributed by atoms with E-state index in [0.717, 1.165) is 17.7 Å². The minimum Gasteiger partial charge on any atom is -0.344 e. The Bertz CT molecular complexity index is 593. The Kier molecular flexibility index (Phi) is 5.09. The smallest absolute Gasteiger partial charge is 0.251 e. The molecule has 1 amide bonds. The van der Waals surface area contributed by atoms with Crippen molar-refractivity contribution in [2.45, 2.75) is 33.2 Å². The summed E-state index contributed by atoms with van der Waals surface area (Å²) in [5.41, 5.74) is 2.74. The van der Waals surface area contributed by atoms with Crippen molar-refractivity contribution in [2.24, 2.45) is 5.92 Å². The molecule has 0 aliphatic carbocycles. The number of nitrogens with zero attached hydrogens (tertiary/aromatic N) is 1. The average molecular weight is 282 g/mol. The number of carbonyl (C=O) groups is 1. The summed E-state index contributed by atoms with van der Waals surface area (Å²) >= 11 is 0. The Hall–Kier alpha value is -2.16. The first-order chi connectivity index (χ1) is 10.1. The molecule has 0 bridgehead atoms. The van der Waals surface area contributed by atoms with E-state index in [2.05, 4.69) is 24.1 Å². The van der Waals surface area contributed by atoms with Crippen molar-refractivity contribution in [3.05, 3.63) is 65.5 Å². The van der Waals surface area contributed by atoms with Gasteiger partial charge in [-0.05, 0) is 43.0 Å². The Morgan fingerprint density at radius 3 is 2.48 bits per heavy atom. The van der Waals surface area contributed by atoms with E-state index < -0.39 is 0 Å². The van der Waals surface area contributed by atoms with Crippen molar-refractivity contribution in [1.82, 2.24) is 10.3 Å². The number of rotatable bonds is 5. The minimum atomic E-state index is -0.0566. The number of aromatic nitrogens is 1. The van der Waals surface area contributed by atoms with Crippen LogP contribution in [0.15, 0.2) is 48.7 Å². The molecule has 1 N–H and O–H groups in total. The van der Waals surface area contributed by atoms with Crippen LogP contribution in [0, 0.1) is 12.8 Å². The predicted octanol–water partition coefficient (Wildman–Crippen LogP) is 3.91. The van der Waals surface area contributed by atoms with Gasteiger partial charge in [0.05, 0.1) is 11.7 Å². The van der Waals surface area contributed by atoms with E-state index in [1.54, 1.807) is 6.20 Å². The van der Waals surface area contributed by atoms with Gasteiger partial charge in [0, 0.05) is 11.8 Å². The van der Waals surface area contributed by atoms with Gasteiger partial charge >= 0.3 is 0 Å². The molecule has 1 atom stereocenters. The number of nitrogens with one attached hydrogen (secondary N) is 1. The first kappa shape index (κ1) is 15.2. The molecule has 0 fully saturated rings. The van der Waals surface area contributed by atoms with Crippen LogP contribution < -0.4 is 5.32 Å². The number of aryl methyl sites for hydroxylation is 1. The van der Waals surface area contributed by atoms with Crippen LogP contribution in [0.5, 0.6) is 0 Å². The zero-order valence-corrected chi connectivity index (χ0v) is 12.8. The van der Waals surface area contributed by atoms with Crippen LogP contribution in [0.2, 0.25) is 0 Å². The molecule has 21 heavy (non-hydrogen) atoms. The highest BCUT2D eigenvalue weighted by Gasteiger charge is 2.19. The molecule has 3 nitrogen and oxygen atoms in total. The SMILES string of the molecule is Cc1cccnc1C(CC(C)C)NC(=O)c1ccccc1. The summed E-state index contributed by atoms with van der Waals surface area (Å²) < 4.78 is 0. The van der Waals surface area contributed by atoms with Crippen molar-refractivity contribution >= 4 is 5.91 Å². The summed E-state index contributed by atoms with van der Waals surface area (Å²) in [6.45, 7) is 6.34. The maximum atomic E-state index is 12.4. The summed E-state index contributed by atoms with van der Waals surface area (Å²) in [7, 11) is 0. The molecule has 0 aliphatic heterocycles. The first-order valence-corrected chi connectivity index (χ1v) is 7.35. The van der Waals surface area contributed by atoms with Gasteiger partial charge in [0.1, 0.15) is 0 Å². The van der Waals surface area contributed by atoms with Gasteiger partial charge in [-0.25, -0.2) is 0 Å². The van der Waals surface area contributed by atoms with E-state index in [4.69, 9.17) is 0 Å². The number of carbonyl (C=O) groups excluding carboxylic acids is 1. The normalized spacial score (nSPS) is 12.2. The van der Waals surface area contributed by atoms with E-state index in [1.165, 1.54) is 0 Å². The number of hydrogen-bond acceptors (Lipinski definition) is 2. The lowest BCUT2D eigenvalue weighted by Gasteiger charge is -2.21. The second kappa shape index (κ2) is 7.02. The fourth-order valence-electron chi connectivity index (χ4n) is 2.40. The second-order valence-corrected chi connectivity index (χ2v) is 5.73. The van der Waals surface area contributed by atoms with Crippen LogP contribution in [-0.4, -0.2) is 10.9 Å². The highest BCUT2D eigenvalue weighted by Crippen LogP contribution is 2.22. The van der Waals surface area contributed by atoms with Gasteiger partial charge in [0.25, 0.3) is 5.91 Å². The molecule has 110 valence electrons. The van der Waals surface area contributed by atoms with Gasteiger partial charge < -0.3 is 5.32 Å². The summed E-state index contributed by atoms with van der Waals surface area (Å²) in [5, 5.41) is 3.12. The molecule has 3 heteroatoms. The number of amides is 1. The molecule has 0 saturated carbocycles. The van der Waals surface area contributed by atoms with Crippen molar-refractivity contribution in [3.63, 3.8) is 0 Å².